The van der Waals surface area contributed by atoms with Crippen LogP contribution in [0.2, 0.25) is 0 Å². The Kier molecular flexibility index (Phi) is 3.89. The molecule has 0 aromatic heterocycles. The minimum atomic E-state index is -0.441. The van der Waals surface area contributed by atoms with Crippen molar-refractivity contribution < 1.29 is 9.90 Å². The van der Waals surface area contributed by atoms with Gasteiger partial charge in [-0.25, -0.2) is 0 Å². The van der Waals surface area contributed by atoms with Crippen molar-refractivity contribution in [2.24, 2.45) is 11.7 Å². The van der Waals surface area contributed by atoms with Gasteiger partial charge in [0, 0.05) is 13.1 Å². The molecule has 14 heavy (non-hydrogen) atoms. The van der Waals surface area contributed by atoms with E-state index in [9.17, 15) is 9.90 Å². The fraction of sp³-hybridized carbons (Fsp3) is 0.900. The van der Waals surface area contributed by atoms with Crippen LogP contribution >= 0.6 is 0 Å². The number of nitrogens with zero attached hydrogens (tertiary/aromatic N) is 1. The van der Waals surface area contributed by atoms with Crippen molar-refractivity contribution in [3.63, 3.8) is 0 Å². The summed E-state index contributed by atoms with van der Waals surface area (Å²) in [4.78, 5) is 13.3. The van der Waals surface area contributed by atoms with E-state index in [-0.39, 0.29) is 17.9 Å². The van der Waals surface area contributed by atoms with E-state index in [1.165, 1.54) is 0 Å². The molecule has 2 unspecified atom stereocenters. The number of β-amino-alcohol motifs (C(OH)–C–C–N with tert-alkyl or cyclic N) is 1. The molecule has 1 rings (SSSR count). The summed E-state index contributed by atoms with van der Waals surface area (Å²) in [6.45, 7) is 5.04. The van der Waals surface area contributed by atoms with Gasteiger partial charge < -0.3 is 15.7 Å². The fourth-order valence-electron chi connectivity index (χ4n) is 1.59. The highest BCUT2D eigenvalue weighted by Gasteiger charge is 2.27. The lowest BCUT2D eigenvalue weighted by Crippen LogP contribution is -2.51. The number of likely N-dealkylation sites (tertiary alicyclic amines) is 1. The zero-order valence-electron chi connectivity index (χ0n) is 8.94. The Balaban J connectivity index is 2.47. The summed E-state index contributed by atoms with van der Waals surface area (Å²) in [6, 6.07) is -0.358. The quantitative estimate of drug-likeness (QED) is 0.671. The minimum Gasteiger partial charge on any atom is -0.391 e. The van der Waals surface area contributed by atoms with Gasteiger partial charge in [0.25, 0.3) is 0 Å². The molecule has 0 saturated carbocycles. The molecule has 2 atom stereocenters. The maximum absolute atomic E-state index is 11.6. The minimum absolute atomic E-state index is 0.0176. The lowest BCUT2D eigenvalue weighted by Gasteiger charge is -2.32. The molecule has 0 radical (unpaired) electrons. The van der Waals surface area contributed by atoms with Crippen LogP contribution in [0, 0.1) is 5.92 Å². The summed E-state index contributed by atoms with van der Waals surface area (Å²) in [5.74, 6) is 0.164. The molecule has 1 amide bonds. The molecule has 1 aliphatic heterocycles. The second-order valence-corrected chi connectivity index (χ2v) is 4.34. The molecular weight excluding hydrogens is 180 g/mol. The third-order valence-electron chi connectivity index (χ3n) is 2.75. The highest BCUT2D eigenvalue weighted by molar-refractivity contribution is 5.82. The molecule has 0 aliphatic carbocycles. The van der Waals surface area contributed by atoms with Gasteiger partial charge in [-0.05, 0) is 18.8 Å². The number of nitrogens with two attached hydrogens (primary N) is 1. The summed E-state index contributed by atoms with van der Waals surface area (Å²) >= 11 is 0. The van der Waals surface area contributed by atoms with E-state index in [1.54, 1.807) is 4.90 Å². The average molecular weight is 200 g/mol. The van der Waals surface area contributed by atoms with E-state index >= 15 is 0 Å². The number of hydrogen-bond acceptors (Lipinski definition) is 3. The molecule has 4 nitrogen and oxygen atoms in total. The predicted molar refractivity (Wildman–Crippen MR) is 54.6 cm³/mol. The zero-order valence-corrected chi connectivity index (χ0v) is 8.94. The number of piperidine rings is 1. The molecule has 1 fully saturated rings. The van der Waals surface area contributed by atoms with Gasteiger partial charge >= 0.3 is 0 Å². The van der Waals surface area contributed by atoms with Gasteiger partial charge in [0.2, 0.25) is 5.91 Å². The summed E-state index contributed by atoms with van der Waals surface area (Å²) in [5, 5.41) is 9.65. The number of amides is 1. The Morgan fingerprint density at radius 3 is 2.86 bits per heavy atom. The van der Waals surface area contributed by atoms with Crippen molar-refractivity contribution in [3.8, 4) is 0 Å². The molecule has 1 saturated heterocycles. The first kappa shape index (κ1) is 11.5. The Labute approximate surface area is 85.1 Å². The Bertz CT molecular complexity index is 206. The second-order valence-electron chi connectivity index (χ2n) is 4.34. The monoisotopic (exact) mass is 200 g/mol. The van der Waals surface area contributed by atoms with Gasteiger partial charge in [-0.1, -0.05) is 13.8 Å². The first-order chi connectivity index (χ1) is 6.52. The van der Waals surface area contributed by atoms with Crippen molar-refractivity contribution in [1.82, 2.24) is 4.90 Å². The molecule has 0 bridgehead atoms. The zero-order chi connectivity index (χ0) is 10.7. The SMILES string of the molecule is CC(C)C(O)CN1CCCC(N)C1=O. The summed E-state index contributed by atoms with van der Waals surface area (Å²) in [6.07, 6.45) is 1.27. The lowest BCUT2D eigenvalue weighted by molar-refractivity contribution is -0.136. The summed E-state index contributed by atoms with van der Waals surface area (Å²) in [5.41, 5.74) is 5.65. The van der Waals surface area contributed by atoms with E-state index < -0.39 is 6.10 Å². The predicted octanol–water partition coefficient (Wildman–Crippen LogP) is -0.0470. The highest BCUT2D eigenvalue weighted by atomic mass is 16.3. The third-order valence-corrected chi connectivity index (χ3v) is 2.75. The maximum atomic E-state index is 11.6. The molecule has 4 heteroatoms. The smallest absolute Gasteiger partial charge is 0.239 e. The maximum Gasteiger partial charge on any atom is 0.239 e. The molecule has 82 valence electrons. The van der Waals surface area contributed by atoms with E-state index in [0.29, 0.717) is 6.54 Å². The van der Waals surface area contributed by atoms with Crippen LogP contribution in [0.25, 0.3) is 0 Å². The molecule has 1 heterocycles. The molecule has 3 N–H and O–H groups in total. The number of carbonyl (C=O) groups is 1. The van der Waals surface area contributed by atoms with Crippen LogP contribution in [-0.4, -0.2) is 41.1 Å². The van der Waals surface area contributed by atoms with Crippen LogP contribution in [0.1, 0.15) is 26.7 Å². The summed E-state index contributed by atoms with van der Waals surface area (Å²) in [7, 11) is 0. The van der Waals surface area contributed by atoms with Gasteiger partial charge in [0.1, 0.15) is 0 Å². The molecule has 0 spiro atoms. The van der Waals surface area contributed by atoms with E-state index in [2.05, 4.69) is 0 Å². The van der Waals surface area contributed by atoms with Crippen LogP contribution in [0.4, 0.5) is 0 Å². The van der Waals surface area contributed by atoms with Crippen molar-refractivity contribution in [2.75, 3.05) is 13.1 Å². The number of rotatable bonds is 3. The Morgan fingerprint density at radius 1 is 1.64 bits per heavy atom. The standard InChI is InChI=1S/C10H20N2O2/c1-7(2)9(13)6-12-5-3-4-8(11)10(12)14/h7-9,13H,3-6,11H2,1-2H3. The van der Waals surface area contributed by atoms with Gasteiger partial charge in [-0.3, -0.25) is 4.79 Å². The van der Waals surface area contributed by atoms with Crippen LogP contribution in [0.5, 0.6) is 0 Å². The average Bonchev–Trinajstić information content (AvgIpc) is 2.12. The van der Waals surface area contributed by atoms with Gasteiger partial charge in [0.05, 0.1) is 12.1 Å². The molecule has 1 aliphatic rings. The third kappa shape index (κ3) is 2.69. The normalized spacial score (nSPS) is 25.6. The van der Waals surface area contributed by atoms with E-state index in [0.717, 1.165) is 19.4 Å². The number of hydrogen-bond donors (Lipinski definition) is 2. The van der Waals surface area contributed by atoms with E-state index in [1.807, 2.05) is 13.8 Å². The second kappa shape index (κ2) is 4.75. The van der Waals surface area contributed by atoms with Crippen LogP contribution in [-0.2, 0) is 4.79 Å². The van der Waals surface area contributed by atoms with Crippen molar-refractivity contribution in [2.45, 2.75) is 38.8 Å². The Hall–Kier alpha value is -0.610. The van der Waals surface area contributed by atoms with Crippen LogP contribution in [0.3, 0.4) is 0 Å². The number of aliphatic hydroxyl groups excluding tert-OH is 1. The number of carbonyl (C=O) groups excluding carboxylic acids is 1. The van der Waals surface area contributed by atoms with Crippen molar-refractivity contribution in [3.05, 3.63) is 0 Å². The van der Waals surface area contributed by atoms with Crippen LogP contribution < -0.4 is 5.73 Å². The fourth-order valence-corrected chi connectivity index (χ4v) is 1.59. The van der Waals surface area contributed by atoms with Crippen molar-refractivity contribution in [1.29, 1.82) is 0 Å². The van der Waals surface area contributed by atoms with Crippen LogP contribution in [0.15, 0.2) is 0 Å². The van der Waals surface area contributed by atoms with Gasteiger partial charge in [-0.15, -0.1) is 0 Å². The highest BCUT2D eigenvalue weighted by Crippen LogP contribution is 2.12. The summed E-state index contributed by atoms with van der Waals surface area (Å²) < 4.78 is 0. The molecule has 0 aromatic carbocycles. The lowest BCUT2D eigenvalue weighted by atomic mass is 10.0. The Morgan fingerprint density at radius 2 is 2.29 bits per heavy atom. The van der Waals surface area contributed by atoms with Gasteiger partial charge in [0.15, 0.2) is 0 Å². The van der Waals surface area contributed by atoms with E-state index in [4.69, 9.17) is 5.73 Å². The largest absolute Gasteiger partial charge is 0.391 e. The number of aliphatic hydroxyl groups is 1. The van der Waals surface area contributed by atoms with Crippen molar-refractivity contribution >= 4 is 5.91 Å². The first-order valence-corrected chi connectivity index (χ1v) is 5.24. The van der Waals surface area contributed by atoms with Gasteiger partial charge in [-0.2, -0.15) is 0 Å². The molecular formula is C10H20N2O2. The first-order valence-electron chi connectivity index (χ1n) is 5.24. The topological polar surface area (TPSA) is 66.6 Å². The molecule has 0 aromatic rings.